The first-order valence-electron chi connectivity index (χ1n) is 9.08. The third-order valence-corrected chi connectivity index (χ3v) is 4.68. The minimum atomic E-state index is 0. The molecule has 1 amide bonds. The number of hydrogen-bond acceptors (Lipinski definition) is 4. The van der Waals surface area contributed by atoms with E-state index >= 15 is 0 Å². The summed E-state index contributed by atoms with van der Waals surface area (Å²) in [5.41, 5.74) is 0.229. The molecular formula is C17H34IN5O2. The van der Waals surface area contributed by atoms with E-state index in [9.17, 15) is 4.79 Å². The van der Waals surface area contributed by atoms with Crippen LogP contribution in [0.4, 0.5) is 0 Å². The molecular weight excluding hydrogens is 433 g/mol. The molecule has 0 radical (unpaired) electrons. The van der Waals surface area contributed by atoms with Crippen LogP contribution in [0.3, 0.4) is 0 Å². The third-order valence-electron chi connectivity index (χ3n) is 4.68. The molecule has 2 heterocycles. The number of guanidine groups is 1. The molecule has 2 aliphatic rings. The number of amides is 1. The van der Waals surface area contributed by atoms with Crippen LogP contribution in [0.25, 0.3) is 0 Å². The maximum Gasteiger partial charge on any atom is 0.234 e. The van der Waals surface area contributed by atoms with Gasteiger partial charge >= 0.3 is 0 Å². The van der Waals surface area contributed by atoms with E-state index in [2.05, 4.69) is 39.7 Å². The first-order valence-corrected chi connectivity index (χ1v) is 9.08. The molecule has 2 rings (SSSR count). The van der Waals surface area contributed by atoms with Crippen molar-refractivity contribution < 1.29 is 9.53 Å². The van der Waals surface area contributed by atoms with Crippen molar-refractivity contribution in [2.75, 3.05) is 53.0 Å². The van der Waals surface area contributed by atoms with Crippen molar-refractivity contribution in [2.45, 2.75) is 39.2 Å². The van der Waals surface area contributed by atoms with Gasteiger partial charge in [0.05, 0.1) is 19.8 Å². The first kappa shape index (κ1) is 22.4. The lowest BCUT2D eigenvalue weighted by Crippen LogP contribution is -2.54. The number of carbonyl (C=O) groups excluding carboxylic acids is 1. The van der Waals surface area contributed by atoms with E-state index in [1.54, 1.807) is 0 Å². The zero-order chi connectivity index (χ0) is 17.4. The highest BCUT2D eigenvalue weighted by Gasteiger charge is 2.33. The van der Waals surface area contributed by atoms with Crippen LogP contribution in [-0.4, -0.2) is 75.8 Å². The lowest BCUT2D eigenvalue weighted by Gasteiger charge is -2.39. The minimum Gasteiger partial charge on any atom is -0.380 e. The second kappa shape index (κ2) is 11.2. The summed E-state index contributed by atoms with van der Waals surface area (Å²) in [5, 5.41) is 9.85. The van der Waals surface area contributed by atoms with Gasteiger partial charge in [-0.2, -0.15) is 0 Å². The molecule has 2 fully saturated rings. The van der Waals surface area contributed by atoms with Crippen LogP contribution < -0.4 is 16.0 Å². The van der Waals surface area contributed by atoms with Crippen molar-refractivity contribution in [1.82, 2.24) is 20.9 Å². The summed E-state index contributed by atoms with van der Waals surface area (Å²) in [6.45, 7) is 9.96. The highest BCUT2D eigenvalue weighted by atomic mass is 127. The average Bonchev–Trinajstić information content (AvgIpc) is 2.56. The fraction of sp³-hybridized carbons (Fsp3) is 0.882. The Bertz CT molecular complexity index is 435. The number of carbonyl (C=O) groups is 1. The maximum absolute atomic E-state index is 11.8. The molecule has 3 N–H and O–H groups in total. The second-order valence-electron chi connectivity index (χ2n) is 7.27. The summed E-state index contributed by atoms with van der Waals surface area (Å²) < 4.78 is 5.28. The molecule has 8 heteroatoms. The van der Waals surface area contributed by atoms with Gasteiger partial charge in [-0.15, -0.1) is 24.0 Å². The molecule has 0 aliphatic carbocycles. The first-order chi connectivity index (χ1) is 11.5. The summed E-state index contributed by atoms with van der Waals surface area (Å²) in [6, 6.07) is 0.414. The van der Waals surface area contributed by atoms with Crippen LogP contribution in [0, 0.1) is 5.41 Å². The van der Waals surface area contributed by atoms with Gasteiger partial charge in [-0.3, -0.25) is 14.7 Å². The minimum absolute atomic E-state index is 0. The molecule has 0 unspecified atom stereocenters. The molecule has 0 atom stereocenters. The molecule has 0 aromatic rings. The second-order valence-corrected chi connectivity index (χ2v) is 7.27. The molecule has 0 bridgehead atoms. The van der Waals surface area contributed by atoms with E-state index in [0.717, 1.165) is 64.6 Å². The van der Waals surface area contributed by atoms with Crippen molar-refractivity contribution in [3.8, 4) is 0 Å². The molecule has 0 aromatic carbocycles. The molecule has 146 valence electrons. The van der Waals surface area contributed by atoms with E-state index in [-0.39, 0.29) is 35.3 Å². The fourth-order valence-corrected chi connectivity index (χ4v) is 3.00. The Labute approximate surface area is 168 Å². The van der Waals surface area contributed by atoms with Gasteiger partial charge in [0, 0.05) is 44.7 Å². The molecule has 2 saturated heterocycles. The van der Waals surface area contributed by atoms with Gasteiger partial charge < -0.3 is 20.7 Å². The van der Waals surface area contributed by atoms with Gasteiger partial charge in [-0.05, 0) is 19.3 Å². The van der Waals surface area contributed by atoms with Gasteiger partial charge in [0.15, 0.2) is 5.96 Å². The quantitative estimate of drug-likeness (QED) is 0.293. The van der Waals surface area contributed by atoms with E-state index in [1.165, 1.54) is 0 Å². The fourth-order valence-electron chi connectivity index (χ4n) is 3.00. The van der Waals surface area contributed by atoms with E-state index in [4.69, 9.17) is 4.74 Å². The zero-order valence-corrected chi connectivity index (χ0v) is 18.1. The van der Waals surface area contributed by atoms with Gasteiger partial charge in [-0.1, -0.05) is 13.8 Å². The van der Waals surface area contributed by atoms with Crippen molar-refractivity contribution in [2.24, 2.45) is 10.4 Å². The van der Waals surface area contributed by atoms with Crippen molar-refractivity contribution in [3.63, 3.8) is 0 Å². The molecule has 2 aliphatic heterocycles. The van der Waals surface area contributed by atoms with Crippen LogP contribution in [0.1, 0.15) is 33.1 Å². The summed E-state index contributed by atoms with van der Waals surface area (Å²) >= 11 is 0. The van der Waals surface area contributed by atoms with Gasteiger partial charge in [0.2, 0.25) is 5.91 Å². The summed E-state index contributed by atoms with van der Waals surface area (Å²) in [4.78, 5) is 18.3. The molecule has 25 heavy (non-hydrogen) atoms. The van der Waals surface area contributed by atoms with E-state index < -0.39 is 0 Å². The smallest absolute Gasteiger partial charge is 0.234 e. The van der Waals surface area contributed by atoms with Gasteiger partial charge in [0.1, 0.15) is 0 Å². The van der Waals surface area contributed by atoms with Crippen LogP contribution in [-0.2, 0) is 9.53 Å². The molecule has 7 nitrogen and oxygen atoms in total. The van der Waals surface area contributed by atoms with Crippen LogP contribution in [0.5, 0.6) is 0 Å². The number of hydrogen-bond donors (Lipinski definition) is 3. The predicted molar refractivity (Wildman–Crippen MR) is 112 cm³/mol. The monoisotopic (exact) mass is 467 g/mol. The molecule has 0 spiro atoms. The SMILES string of the molecule is CCCNC(=O)CN1CCC(NC(=NC)NCC2(C)COC2)CC1.I. The highest BCUT2D eigenvalue weighted by molar-refractivity contribution is 14.0. The van der Waals surface area contributed by atoms with Gasteiger partial charge in [-0.25, -0.2) is 0 Å². The predicted octanol–water partition coefficient (Wildman–Crippen LogP) is 0.797. The van der Waals surface area contributed by atoms with E-state index in [1.807, 2.05) is 7.05 Å². The lowest BCUT2D eigenvalue weighted by atomic mass is 9.89. The number of nitrogens with one attached hydrogen (secondary N) is 3. The van der Waals surface area contributed by atoms with Crippen LogP contribution >= 0.6 is 24.0 Å². The largest absolute Gasteiger partial charge is 0.380 e. The Morgan fingerprint density at radius 2 is 1.96 bits per heavy atom. The standard InChI is InChI=1S/C17H33N5O2.HI/c1-4-7-19-15(23)10-22-8-5-14(6-9-22)21-16(18-3)20-11-17(2)12-24-13-17;/h14H,4-13H2,1-3H3,(H,19,23)(H2,18,20,21);1H. The summed E-state index contributed by atoms with van der Waals surface area (Å²) in [5.74, 6) is 0.999. The number of nitrogens with zero attached hydrogens (tertiary/aromatic N) is 2. The third kappa shape index (κ3) is 7.65. The Kier molecular flexibility index (Phi) is 10.0. The summed E-state index contributed by atoms with van der Waals surface area (Å²) in [7, 11) is 1.81. The number of rotatable bonds is 7. The molecule has 0 saturated carbocycles. The Morgan fingerprint density at radius 1 is 1.28 bits per heavy atom. The highest BCUT2D eigenvalue weighted by Crippen LogP contribution is 2.24. The lowest BCUT2D eigenvalue weighted by molar-refractivity contribution is -0.122. The Hall–Kier alpha value is -0.610. The number of ether oxygens (including phenoxy) is 1. The number of likely N-dealkylation sites (tertiary alicyclic amines) is 1. The average molecular weight is 467 g/mol. The van der Waals surface area contributed by atoms with Gasteiger partial charge in [0.25, 0.3) is 0 Å². The maximum atomic E-state index is 11.8. The van der Waals surface area contributed by atoms with E-state index in [0.29, 0.717) is 12.6 Å². The Morgan fingerprint density at radius 3 is 2.48 bits per heavy atom. The topological polar surface area (TPSA) is 78.0 Å². The number of aliphatic imine (C=N–C) groups is 1. The normalized spacial score (nSPS) is 21.0. The van der Waals surface area contributed by atoms with Crippen molar-refractivity contribution in [1.29, 1.82) is 0 Å². The van der Waals surface area contributed by atoms with Crippen molar-refractivity contribution in [3.05, 3.63) is 0 Å². The van der Waals surface area contributed by atoms with Crippen LogP contribution in [0.15, 0.2) is 4.99 Å². The molecule has 0 aromatic heterocycles. The number of piperidine rings is 1. The zero-order valence-electron chi connectivity index (χ0n) is 15.8. The Balaban J connectivity index is 0.00000312. The van der Waals surface area contributed by atoms with Crippen LogP contribution in [0.2, 0.25) is 0 Å². The summed E-state index contributed by atoms with van der Waals surface area (Å²) in [6.07, 6.45) is 3.04. The number of halogens is 1. The van der Waals surface area contributed by atoms with Crippen molar-refractivity contribution >= 4 is 35.8 Å².